The lowest BCUT2D eigenvalue weighted by atomic mass is 9.85. The van der Waals surface area contributed by atoms with E-state index in [2.05, 4.69) is 10.3 Å². The molecule has 0 bridgehead atoms. The van der Waals surface area contributed by atoms with Crippen LogP contribution in [0.15, 0.2) is 10.8 Å². The normalized spacial score (nSPS) is 21.6. The van der Waals surface area contributed by atoms with Gasteiger partial charge in [-0.15, -0.1) is 0 Å². The van der Waals surface area contributed by atoms with Crippen molar-refractivity contribution in [2.75, 3.05) is 13.1 Å². The van der Waals surface area contributed by atoms with Gasteiger partial charge in [-0.1, -0.05) is 6.92 Å². The fourth-order valence-corrected chi connectivity index (χ4v) is 2.45. The van der Waals surface area contributed by atoms with Gasteiger partial charge in [0.1, 0.15) is 5.76 Å². The minimum atomic E-state index is -0.822. The van der Waals surface area contributed by atoms with Crippen LogP contribution in [0.5, 0.6) is 0 Å². The van der Waals surface area contributed by atoms with Crippen molar-refractivity contribution in [1.29, 1.82) is 0 Å². The molecule has 1 amide bonds. The highest BCUT2D eigenvalue weighted by Crippen LogP contribution is 2.25. The van der Waals surface area contributed by atoms with Crippen molar-refractivity contribution in [3.8, 4) is 0 Å². The standard InChI is InChI=1S/C13H19N3O4/c1-3-16(6-11(17)18)10-4-9(5-10)15-13(19)12-8(2)20-7-14-12/h7,9-10H,3-6H2,1-2H3,(H,15,19)(H,17,18). The number of likely N-dealkylation sites (N-methyl/N-ethyl adjacent to an activating group) is 1. The molecule has 0 spiro atoms. The second-order valence-electron chi connectivity index (χ2n) is 5.01. The largest absolute Gasteiger partial charge is 0.480 e. The number of aryl methyl sites for hydroxylation is 1. The van der Waals surface area contributed by atoms with E-state index in [0.717, 1.165) is 12.8 Å². The van der Waals surface area contributed by atoms with Crippen LogP contribution in [0.4, 0.5) is 0 Å². The highest BCUT2D eigenvalue weighted by molar-refractivity contribution is 5.93. The van der Waals surface area contributed by atoms with E-state index in [1.807, 2.05) is 11.8 Å². The maximum atomic E-state index is 11.9. The molecule has 2 rings (SSSR count). The molecule has 20 heavy (non-hydrogen) atoms. The number of carbonyl (C=O) groups excluding carboxylic acids is 1. The van der Waals surface area contributed by atoms with Crippen molar-refractivity contribution in [3.63, 3.8) is 0 Å². The molecule has 1 aliphatic carbocycles. The molecule has 0 radical (unpaired) electrons. The summed E-state index contributed by atoms with van der Waals surface area (Å²) in [5, 5.41) is 11.7. The molecule has 0 saturated heterocycles. The van der Waals surface area contributed by atoms with Crippen LogP contribution in [-0.4, -0.2) is 52.0 Å². The molecule has 0 unspecified atom stereocenters. The van der Waals surface area contributed by atoms with Crippen LogP contribution < -0.4 is 5.32 Å². The molecule has 1 aromatic heterocycles. The maximum Gasteiger partial charge on any atom is 0.317 e. The van der Waals surface area contributed by atoms with E-state index in [1.54, 1.807) is 6.92 Å². The summed E-state index contributed by atoms with van der Waals surface area (Å²) in [5.41, 5.74) is 0.311. The lowest BCUT2D eigenvalue weighted by Crippen LogP contribution is -2.54. The van der Waals surface area contributed by atoms with Gasteiger partial charge in [0, 0.05) is 12.1 Å². The van der Waals surface area contributed by atoms with Crippen molar-refractivity contribution in [3.05, 3.63) is 17.8 Å². The van der Waals surface area contributed by atoms with Crippen LogP contribution in [0.3, 0.4) is 0 Å². The average Bonchev–Trinajstić information content (AvgIpc) is 2.76. The highest BCUT2D eigenvalue weighted by Gasteiger charge is 2.35. The Morgan fingerprint density at radius 3 is 2.75 bits per heavy atom. The predicted octanol–water partition coefficient (Wildman–Crippen LogP) is 0.650. The third-order valence-electron chi connectivity index (χ3n) is 3.67. The lowest BCUT2D eigenvalue weighted by molar-refractivity contribution is -0.139. The van der Waals surface area contributed by atoms with Crippen LogP contribution in [0.1, 0.15) is 36.0 Å². The fourth-order valence-electron chi connectivity index (χ4n) is 2.45. The first-order chi connectivity index (χ1) is 9.51. The Hall–Kier alpha value is -1.89. The topological polar surface area (TPSA) is 95.7 Å². The fraction of sp³-hybridized carbons (Fsp3) is 0.615. The number of aromatic nitrogens is 1. The molecule has 110 valence electrons. The summed E-state index contributed by atoms with van der Waals surface area (Å²) in [7, 11) is 0. The highest BCUT2D eigenvalue weighted by atomic mass is 16.4. The number of hydrogen-bond donors (Lipinski definition) is 2. The van der Waals surface area contributed by atoms with Gasteiger partial charge in [0.2, 0.25) is 0 Å². The van der Waals surface area contributed by atoms with E-state index in [9.17, 15) is 9.59 Å². The van der Waals surface area contributed by atoms with Gasteiger partial charge in [0.15, 0.2) is 12.1 Å². The molecule has 1 aromatic rings. The van der Waals surface area contributed by atoms with Crippen LogP contribution >= 0.6 is 0 Å². The van der Waals surface area contributed by atoms with Gasteiger partial charge >= 0.3 is 5.97 Å². The number of amides is 1. The molecule has 0 aromatic carbocycles. The monoisotopic (exact) mass is 281 g/mol. The Morgan fingerprint density at radius 1 is 1.55 bits per heavy atom. The summed E-state index contributed by atoms with van der Waals surface area (Å²) in [5.74, 6) is -0.557. The Kier molecular flexibility index (Phi) is 4.39. The second-order valence-corrected chi connectivity index (χ2v) is 5.01. The molecule has 2 N–H and O–H groups in total. The molecule has 1 fully saturated rings. The Balaban J connectivity index is 1.80. The third kappa shape index (κ3) is 3.16. The van der Waals surface area contributed by atoms with Gasteiger partial charge < -0.3 is 14.8 Å². The molecule has 1 aliphatic rings. The number of hydrogen-bond acceptors (Lipinski definition) is 5. The van der Waals surface area contributed by atoms with E-state index in [-0.39, 0.29) is 24.5 Å². The molecular weight excluding hydrogens is 262 g/mol. The Labute approximate surface area is 117 Å². The second kappa shape index (κ2) is 6.04. The van der Waals surface area contributed by atoms with Crippen molar-refractivity contribution < 1.29 is 19.1 Å². The van der Waals surface area contributed by atoms with E-state index in [0.29, 0.717) is 18.0 Å². The molecular formula is C13H19N3O4. The van der Waals surface area contributed by atoms with E-state index in [4.69, 9.17) is 9.52 Å². The smallest absolute Gasteiger partial charge is 0.317 e. The maximum absolute atomic E-state index is 11.9. The van der Waals surface area contributed by atoms with E-state index < -0.39 is 5.97 Å². The van der Waals surface area contributed by atoms with Crippen LogP contribution in [0, 0.1) is 6.92 Å². The summed E-state index contributed by atoms with van der Waals surface area (Å²) in [6.45, 7) is 4.37. The first-order valence-electron chi connectivity index (χ1n) is 6.68. The third-order valence-corrected chi connectivity index (χ3v) is 3.67. The zero-order chi connectivity index (χ0) is 14.7. The minimum absolute atomic E-state index is 0.0459. The summed E-state index contributed by atoms with van der Waals surface area (Å²) in [6.07, 6.45) is 2.78. The van der Waals surface area contributed by atoms with Crippen LogP contribution in [0.2, 0.25) is 0 Å². The number of carbonyl (C=O) groups is 2. The minimum Gasteiger partial charge on any atom is -0.480 e. The molecule has 0 atom stereocenters. The van der Waals surface area contributed by atoms with Gasteiger partial charge in [-0.05, 0) is 26.3 Å². The Bertz CT molecular complexity index is 494. The number of carboxylic acid groups (broad SMARTS) is 1. The van der Waals surface area contributed by atoms with Crippen LogP contribution in [-0.2, 0) is 4.79 Å². The first-order valence-corrected chi connectivity index (χ1v) is 6.68. The van der Waals surface area contributed by atoms with Gasteiger partial charge in [-0.3, -0.25) is 14.5 Å². The summed E-state index contributed by atoms with van der Waals surface area (Å²) >= 11 is 0. The van der Waals surface area contributed by atoms with Gasteiger partial charge in [-0.2, -0.15) is 0 Å². The summed E-state index contributed by atoms with van der Waals surface area (Å²) in [4.78, 5) is 28.4. The number of aliphatic carboxylic acids is 1. The van der Waals surface area contributed by atoms with Crippen LogP contribution in [0.25, 0.3) is 0 Å². The predicted molar refractivity (Wildman–Crippen MR) is 70.4 cm³/mol. The van der Waals surface area contributed by atoms with Gasteiger partial charge in [0.05, 0.1) is 6.54 Å². The molecule has 0 aliphatic heterocycles. The number of nitrogens with zero attached hydrogens (tertiary/aromatic N) is 2. The van der Waals surface area contributed by atoms with Crippen molar-refractivity contribution in [1.82, 2.24) is 15.2 Å². The average molecular weight is 281 g/mol. The lowest BCUT2D eigenvalue weighted by Gasteiger charge is -2.42. The number of rotatable bonds is 6. The zero-order valence-corrected chi connectivity index (χ0v) is 11.6. The number of oxazole rings is 1. The molecule has 7 nitrogen and oxygen atoms in total. The van der Waals surface area contributed by atoms with Crippen molar-refractivity contribution in [2.45, 2.75) is 38.8 Å². The molecule has 1 heterocycles. The zero-order valence-electron chi connectivity index (χ0n) is 11.6. The summed E-state index contributed by atoms with van der Waals surface area (Å²) in [6, 6.07) is 0.297. The summed E-state index contributed by atoms with van der Waals surface area (Å²) < 4.78 is 4.99. The Morgan fingerprint density at radius 2 is 2.25 bits per heavy atom. The SMILES string of the molecule is CCN(CC(=O)O)C1CC(NC(=O)c2ncoc2C)C1. The molecule has 1 saturated carbocycles. The van der Waals surface area contributed by atoms with Crippen molar-refractivity contribution >= 4 is 11.9 Å². The number of carboxylic acids is 1. The van der Waals surface area contributed by atoms with Gasteiger partial charge in [0.25, 0.3) is 5.91 Å². The molecule has 7 heteroatoms. The first kappa shape index (κ1) is 14.5. The van der Waals surface area contributed by atoms with E-state index in [1.165, 1.54) is 6.39 Å². The van der Waals surface area contributed by atoms with Gasteiger partial charge in [-0.25, -0.2) is 4.98 Å². The van der Waals surface area contributed by atoms with Crippen molar-refractivity contribution in [2.24, 2.45) is 0 Å². The van der Waals surface area contributed by atoms with E-state index >= 15 is 0 Å². The number of nitrogens with one attached hydrogen (secondary N) is 1. The quantitative estimate of drug-likeness (QED) is 0.795.